The van der Waals surface area contributed by atoms with Crippen molar-refractivity contribution in [2.24, 2.45) is 0 Å². The van der Waals surface area contributed by atoms with E-state index in [1.807, 2.05) is 0 Å². The summed E-state index contributed by atoms with van der Waals surface area (Å²) in [5.74, 6) is 0. The van der Waals surface area contributed by atoms with Gasteiger partial charge in [0.15, 0.2) is 10.3 Å². The Morgan fingerprint density at radius 1 is 1.47 bits per heavy atom. The van der Waals surface area contributed by atoms with Gasteiger partial charge in [-0.3, -0.25) is 4.90 Å². The van der Waals surface area contributed by atoms with Crippen molar-refractivity contribution >= 4 is 10.3 Å². The van der Waals surface area contributed by atoms with Gasteiger partial charge in [-0.25, -0.2) is 12.7 Å². The molecule has 0 aromatic carbocycles. The highest BCUT2D eigenvalue weighted by Crippen LogP contribution is 1.98. The maximum atomic E-state index is 10.6. The van der Waals surface area contributed by atoms with E-state index in [4.69, 9.17) is 9.47 Å². The monoisotopic (exact) mass is 297 g/mol. The molecule has 1 N–H and O–H groups in total. The van der Waals surface area contributed by atoms with E-state index >= 15 is 0 Å². The molecule has 1 saturated heterocycles. The highest BCUT2D eigenvalue weighted by atomic mass is 32.2. The molecule has 114 valence electrons. The molecule has 8 nitrogen and oxygen atoms in total. The van der Waals surface area contributed by atoms with Crippen LogP contribution in [0.4, 0.5) is 0 Å². The Bertz CT molecular complexity index is 344. The van der Waals surface area contributed by atoms with E-state index in [1.165, 1.54) is 0 Å². The molecule has 0 aliphatic carbocycles. The van der Waals surface area contributed by atoms with E-state index in [0.717, 1.165) is 39.9 Å². The Hall–Kier alpha value is -0.290. The van der Waals surface area contributed by atoms with Gasteiger partial charge in [-0.1, -0.05) is 0 Å². The number of nitrogens with zero attached hydrogens (tertiary/aromatic N) is 2. The van der Waals surface area contributed by atoms with Crippen LogP contribution < -0.4 is 0 Å². The molecule has 0 amide bonds. The van der Waals surface area contributed by atoms with Crippen LogP contribution in [0.25, 0.3) is 0 Å². The summed E-state index contributed by atoms with van der Waals surface area (Å²) in [5, 5.41) is 9.52. The van der Waals surface area contributed by atoms with Crippen molar-refractivity contribution in [2.75, 3.05) is 59.7 Å². The molecule has 0 saturated carbocycles. The molecule has 1 aliphatic rings. The lowest BCUT2D eigenvalue weighted by atomic mass is 10.4. The third kappa shape index (κ3) is 7.16. The first-order chi connectivity index (χ1) is 8.89. The molecule has 0 aromatic rings. The molecule has 0 radical (unpaired) electrons. The van der Waals surface area contributed by atoms with E-state index in [1.54, 1.807) is 0 Å². The Balaban J connectivity index is 2.08. The third-order valence-electron chi connectivity index (χ3n) is 2.82. The largest absolute Gasteiger partial charge is 0.735 e. The number of hydrogen-bond acceptors (Lipinski definition) is 7. The topological polar surface area (TPSA) is 102 Å². The second kappa shape index (κ2) is 8.10. The fourth-order valence-corrected chi connectivity index (χ4v) is 2.03. The highest BCUT2D eigenvalue weighted by molar-refractivity contribution is 7.83. The molecule has 1 unspecified atom stereocenters. The second-order valence-electron chi connectivity index (χ2n) is 4.42. The van der Waals surface area contributed by atoms with E-state index in [0.29, 0.717) is 10.9 Å². The molecule has 1 aliphatic heterocycles. The molecule has 0 aromatic heterocycles. The Morgan fingerprint density at radius 2 is 2.11 bits per heavy atom. The Labute approximate surface area is 113 Å². The molecular weight excluding hydrogens is 276 g/mol. The smallest absolute Gasteiger partial charge is 0.161 e. The minimum absolute atomic E-state index is 0.00417. The predicted molar refractivity (Wildman–Crippen MR) is 66.4 cm³/mol. The van der Waals surface area contributed by atoms with Gasteiger partial charge in [0, 0.05) is 33.2 Å². The summed E-state index contributed by atoms with van der Waals surface area (Å²) >= 11 is 0. The van der Waals surface area contributed by atoms with Crippen molar-refractivity contribution < 1.29 is 27.6 Å². The molecule has 19 heavy (non-hydrogen) atoms. The summed E-state index contributed by atoms with van der Waals surface area (Å²) in [6.45, 7) is 4.10. The fraction of sp³-hybridized carbons (Fsp3) is 1.00. The van der Waals surface area contributed by atoms with Crippen LogP contribution in [-0.2, 0) is 19.8 Å². The number of hydrogen-bond donors (Lipinski definition) is 1. The molecule has 0 spiro atoms. The number of aliphatic hydroxyl groups is 1. The van der Waals surface area contributed by atoms with Crippen LogP contribution in [0, 0.1) is 0 Å². The number of aliphatic hydroxyl groups excluding tert-OH is 1. The van der Waals surface area contributed by atoms with Crippen LogP contribution in [-0.4, -0.2) is 93.0 Å². The van der Waals surface area contributed by atoms with Crippen molar-refractivity contribution in [3.8, 4) is 0 Å². The average molecular weight is 297 g/mol. The van der Waals surface area contributed by atoms with Crippen molar-refractivity contribution in [1.82, 2.24) is 9.21 Å². The molecule has 9 heteroatoms. The van der Waals surface area contributed by atoms with Crippen LogP contribution in [0.5, 0.6) is 0 Å². The fourth-order valence-electron chi connectivity index (χ4n) is 1.68. The van der Waals surface area contributed by atoms with Gasteiger partial charge in [0.2, 0.25) is 0 Å². The van der Waals surface area contributed by atoms with Gasteiger partial charge >= 0.3 is 0 Å². The van der Waals surface area contributed by atoms with Crippen LogP contribution in [0.1, 0.15) is 0 Å². The summed E-state index contributed by atoms with van der Waals surface area (Å²) < 4.78 is 42.8. The van der Waals surface area contributed by atoms with Gasteiger partial charge in [0.1, 0.15) is 0 Å². The zero-order chi connectivity index (χ0) is 14.3. The van der Waals surface area contributed by atoms with Gasteiger partial charge in [-0.15, -0.1) is 0 Å². The summed E-state index contributed by atoms with van der Waals surface area (Å²) in [4.78, 5) is 2.18. The van der Waals surface area contributed by atoms with E-state index in [9.17, 15) is 18.1 Å². The maximum Gasteiger partial charge on any atom is 0.161 e. The third-order valence-corrected chi connectivity index (χ3v) is 3.73. The number of ether oxygens (including phenoxy) is 2. The number of rotatable bonds is 8. The normalized spacial score (nSPS) is 19.8. The van der Waals surface area contributed by atoms with Crippen LogP contribution in [0.15, 0.2) is 0 Å². The first kappa shape index (κ1) is 16.8. The van der Waals surface area contributed by atoms with E-state index in [2.05, 4.69) is 4.90 Å². The lowest BCUT2D eigenvalue weighted by Crippen LogP contribution is -2.39. The average Bonchev–Trinajstić information content (AvgIpc) is 2.35. The van der Waals surface area contributed by atoms with E-state index < -0.39 is 16.4 Å². The summed E-state index contributed by atoms with van der Waals surface area (Å²) in [6, 6.07) is 0. The van der Waals surface area contributed by atoms with Crippen molar-refractivity contribution in [1.29, 1.82) is 0 Å². The first-order valence-electron chi connectivity index (χ1n) is 6.12. The van der Waals surface area contributed by atoms with Gasteiger partial charge in [-0.05, 0) is 0 Å². The summed E-state index contributed by atoms with van der Waals surface area (Å²) in [5.41, 5.74) is 0. The van der Waals surface area contributed by atoms with Gasteiger partial charge in [0.25, 0.3) is 0 Å². The lowest BCUT2D eigenvalue weighted by molar-refractivity contribution is -0.00142. The Morgan fingerprint density at radius 3 is 2.68 bits per heavy atom. The van der Waals surface area contributed by atoms with Crippen LogP contribution >= 0.6 is 0 Å². The Kier molecular flexibility index (Phi) is 7.15. The zero-order valence-electron chi connectivity index (χ0n) is 11.0. The highest BCUT2D eigenvalue weighted by Gasteiger charge is 2.13. The van der Waals surface area contributed by atoms with Gasteiger partial charge < -0.3 is 19.1 Å². The van der Waals surface area contributed by atoms with Gasteiger partial charge in [-0.2, -0.15) is 0 Å². The summed E-state index contributed by atoms with van der Waals surface area (Å²) in [6.07, 6.45) is -1.00. The van der Waals surface area contributed by atoms with E-state index in [-0.39, 0.29) is 13.2 Å². The zero-order valence-corrected chi connectivity index (χ0v) is 11.8. The van der Waals surface area contributed by atoms with Gasteiger partial charge in [0.05, 0.1) is 32.5 Å². The lowest BCUT2D eigenvalue weighted by Gasteiger charge is -2.26. The molecule has 1 atom stereocenters. The number of morpholine rings is 1. The number of likely N-dealkylation sites (N-methyl/N-ethyl adjacent to an activating group) is 1. The van der Waals surface area contributed by atoms with Crippen molar-refractivity contribution in [3.05, 3.63) is 0 Å². The minimum Gasteiger partial charge on any atom is -0.735 e. The first-order valence-corrected chi connectivity index (χ1v) is 7.49. The standard InChI is InChI=1S/C10H22N2O6S/c1-11(19(14,15)16)8-10(13)9-18-7-4-12-2-5-17-6-3-12/h10,13H,2-9H2,1H3,(H,14,15,16)/p-1. The second-order valence-corrected chi connectivity index (χ2v) is 5.90. The molecular formula is C10H21N2O6S-. The van der Waals surface area contributed by atoms with Crippen LogP contribution in [0.3, 0.4) is 0 Å². The predicted octanol–water partition coefficient (Wildman–Crippen LogP) is -1.91. The molecule has 1 heterocycles. The maximum absolute atomic E-state index is 10.6. The molecule has 0 bridgehead atoms. The summed E-state index contributed by atoms with van der Waals surface area (Å²) in [7, 11) is -3.38. The molecule has 1 rings (SSSR count). The quantitative estimate of drug-likeness (QED) is 0.412. The van der Waals surface area contributed by atoms with Crippen molar-refractivity contribution in [2.45, 2.75) is 6.10 Å². The minimum atomic E-state index is -4.50. The van der Waals surface area contributed by atoms with Crippen molar-refractivity contribution in [3.63, 3.8) is 0 Å². The SMILES string of the molecule is CN(CC(O)COCCN1CCOCC1)S(=O)(=O)[O-]. The van der Waals surface area contributed by atoms with Crippen LogP contribution in [0.2, 0.25) is 0 Å². The molecule has 1 fully saturated rings.